The van der Waals surface area contributed by atoms with Crippen LogP contribution in [-0.2, 0) is 14.3 Å². The summed E-state index contributed by atoms with van der Waals surface area (Å²) in [7, 11) is 0. The van der Waals surface area contributed by atoms with Crippen molar-refractivity contribution in [1.82, 2.24) is 5.32 Å². The molecule has 136 valence electrons. The molecule has 2 unspecified atom stereocenters. The van der Waals surface area contributed by atoms with Gasteiger partial charge in [-0.3, -0.25) is 9.59 Å². The van der Waals surface area contributed by atoms with E-state index < -0.39 is 11.6 Å². The van der Waals surface area contributed by atoms with Crippen molar-refractivity contribution < 1.29 is 23.1 Å². The van der Waals surface area contributed by atoms with Gasteiger partial charge in [0.15, 0.2) is 11.6 Å². The van der Waals surface area contributed by atoms with E-state index in [9.17, 15) is 18.4 Å². The molecule has 25 heavy (non-hydrogen) atoms. The van der Waals surface area contributed by atoms with E-state index in [-0.39, 0.29) is 41.2 Å². The first-order valence-electron chi connectivity index (χ1n) is 8.93. The summed E-state index contributed by atoms with van der Waals surface area (Å²) in [6.45, 7) is 2.08. The zero-order valence-corrected chi connectivity index (χ0v) is 14.3. The molecule has 2 fully saturated rings. The maximum atomic E-state index is 13.9. The molecule has 1 aromatic rings. The van der Waals surface area contributed by atoms with E-state index in [1.54, 1.807) is 6.92 Å². The van der Waals surface area contributed by atoms with Crippen LogP contribution in [0, 0.1) is 23.5 Å². The van der Waals surface area contributed by atoms with Crippen molar-refractivity contribution in [1.29, 1.82) is 0 Å². The number of halogens is 2. The summed E-state index contributed by atoms with van der Waals surface area (Å²) in [5, 5.41) is 2.95. The number of hydrogen-bond acceptors (Lipinski definition) is 3. The fourth-order valence-electron chi connectivity index (χ4n) is 3.76. The van der Waals surface area contributed by atoms with E-state index in [2.05, 4.69) is 5.32 Å². The second-order valence-corrected chi connectivity index (χ2v) is 6.85. The molecule has 2 aliphatic rings. The molecule has 1 N–H and O–H groups in total. The number of benzene rings is 1. The Morgan fingerprint density at radius 1 is 1.20 bits per heavy atom. The highest BCUT2D eigenvalue weighted by atomic mass is 19.2. The van der Waals surface area contributed by atoms with Gasteiger partial charge in [0.2, 0.25) is 5.91 Å². The molecular formula is C19H23F2NO3. The normalized spacial score (nSPS) is 28.3. The molecule has 0 saturated heterocycles. The maximum absolute atomic E-state index is 13.9. The lowest BCUT2D eigenvalue weighted by Gasteiger charge is -2.30. The second-order valence-electron chi connectivity index (χ2n) is 6.85. The van der Waals surface area contributed by atoms with Crippen molar-refractivity contribution >= 4 is 11.9 Å². The predicted molar refractivity (Wildman–Crippen MR) is 87.7 cm³/mol. The number of esters is 1. The Bertz CT molecular complexity index is 664. The summed E-state index contributed by atoms with van der Waals surface area (Å²) in [6, 6.07) is 3.82. The van der Waals surface area contributed by atoms with E-state index >= 15 is 0 Å². The summed E-state index contributed by atoms with van der Waals surface area (Å²) in [4.78, 5) is 24.6. The van der Waals surface area contributed by atoms with E-state index in [0.29, 0.717) is 19.4 Å². The molecule has 0 bridgehead atoms. The SMILES string of the molecule is CCOC(=O)[C@H]1CCCC[C@H]1NC(=O)C1CC1c1cccc(F)c1F. The average molecular weight is 351 g/mol. The van der Waals surface area contributed by atoms with Crippen LogP contribution in [0.2, 0.25) is 0 Å². The van der Waals surface area contributed by atoms with Crippen LogP contribution in [0.1, 0.15) is 50.5 Å². The van der Waals surface area contributed by atoms with Crippen molar-refractivity contribution in [3.05, 3.63) is 35.4 Å². The van der Waals surface area contributed by atoms with Gasteiger partial charge in [-0.05, 0) is 43.7 Å². The van der Waals surface area contributed by atoms with Crippen LogP contribution in [0.3, 0.4) is 0 Å². The van der Waals surface area contributed by atoms with E-state index in [4.69, 9.17) is 4.74 Å². The van der Waals surface area contributed by atoms with Crippen LogP contribution in [-0.4, -0.2) is 24.5 Å². The molecule has 1 aromatic carbocycles. The zero-order valence-electron chi connectivity index (χ0n) is 14.3. The Balaban J connectivity index is 1.62. The molecule has 0 aromatic heterocycles. The first kappa shape index (κ1) is 17.8. The maximum Gasteiger partial charge on any atom is 0.311 e. The Morgan fingerprint density at radius 3 is 2.72 bits per heavy atom. The molecule has 3 rings (SSSR count). The fraction of sp³-hybridized carbons (Fsp3) is 0.579. The summed E-state index contributed by atoms with van der Waals surface area (Å²) < 4.78 is 32.3. The third-order valence-electron chi connectivity index (χ3n) is 5.19. The Kier molecular flexibility index (Phi) is 5.35. The molecule has 2 aliphatic carbocycles. The number of hydrogen-bond donors (Lipinski definition) is 1. The van der Waals surface area contributed by atoms with Crippen LogP contribution in [0.25, 0.3) is 0 Å². The highest BCUT2D eigenvalue weighted by molar-refractivity contribution is 5.84. The average Bonchev–Trinajstić information content (AvgIpc) is 3.38. The fourth-order valence-corrected chi connectivity index (χ4v) is 3.76. The quantitative estimate of drug-likeness (QED) is 0.828. The van der Waals surface area contributed by atoms with Gasteiger partial charge in [-0.25, -0.2) is 8.78 Å². The number of amides is 1. The van der Waals surface area contributed by atoms with Crippen molar-refractivity contribution in [3.63, 3.8) is 0 Å². The van der Waals surface area contributed by atoms with Gasteiger partial charge in [-0.2, -0.15) is 0 Å². The van der Waals surface area contributed by atoms with Gasteiger partial charge in [0.25, 0.3) is 0 Å². The Hall–Kier alpha value is -1.98. The number of carbonyl (C=O) groups excluding carboxylic acids is 2. The van der Waals surface area contributed by atoms with Crippen molar-refractivity contribution in [2.75, 3.05) is 6.61 Å². The van der Waals surface area contributed by atoms with Crippen molar-refractivity contribution in [2.45, 2.75) is 51.0 Å². The van der Waals surface area contributed by atoms with Crippen LogP contribution in [0.15, 0.2) is 18.2 Å². The third kappa shape index (κ3) is 3.83. The molecule has 2 saturated carbocycles. The summed E-state index contributed by atoms with van der Waals surface area (Å²) in [5.41, 5.74) is 0.255. The van der Waals surface area contributed by atoms with Crippen LogP contribution in [0.4, 0.5) is 8.78 Å². The minimum absolute atomic E-state index is 0.185. The summed E-state index contributed by atoms with van der Waals surface area (Å²) >= 11 is 0. The van der Waals surface area contributed by atoms with Gasteiger partial charge in [-0.1, -0.05) is 25.0 Å². The molecule has 6 heteroatoms. The van der Waals surface area contributed by atoms with Gasteiger partial charge in [0.05, 0.1) is 12.5 Å². The smallest absolute Gasteiger partial charge is 0.311 e. The molecular weight excluding hydrogens is 328 g/mol. The number of nitrogens with one attached hydrogen (secondary N) is 1. The largest absolute Gasteiger partial charge is 0.466 e. The monoisotopic (exact) mass is 351 g/mol. The van der Waals surface area contributed by atoms with Crippen molar-refractivity contribution in [3.8, 4) is 0 Å². The molecule has 4 nitrogen and oxygen atoms in total. The number of ether oxygens (including phenoxy) is 1. The highest BCUT2D eigenvalue weighted by Crippen LogP contribution is 2.48. The lowest BCUT2D eigenvalue weighted by Crippen LogP contribution is -2.46. The van der Waals surface area contributed by atoms with Gasteiger partial charge >= 0.3 is 5.97 Å². The molecule has 0 spiro atoms. The van der Waals surface area contributed by atoms with E-state index in [1.165, 1.54) is 12.1 Å². The molecule has 0 heterocycles. The number of carbonyl (C=O) groups is 2. The van der Waals surface area contributed by atoms with Crippen LogP contribution >= 0.6 is 0 Å². The lowest BCUT2D eigenvalue weighted by atomic mass is 9.84. The summed E-state index contributed by atoms with van der Waals surface area (Å²) in [6.07, 6.45) is 3.84. The highest BCUT2D eigenvalue weighted by Gasteiger charge is 2.47. The lowest BCUT2D eigenvalue weighted by molar-refractivity contribution is -0.150. The second kappa shape index (κ2) is 7.50. The van der Waals surface area contributed by atoms with E-state index in [0.717, 1.165) is 25.3 Å². The molecule has 0 aliphatic heterocycles. The Morgan fingerprint density at radius 2 is 1.96 bits per heavy atom. The van der Waals surface area contributed by atoms with Gasteiger partial charge in [-0.15, -0.1) is 0 Å². The molecule has 0 radical (unpaired) electrons. The standard InChI is InChI=1S/C19H23F2NO3/c1-2-25-19(24)12-6-3-4-9-16(12)22-18(23)14-10-13(14)11-7-5-8-15(20)17(11)21/h5,7-8,12-14,16H,2-4,6,9-10H2,1H3,(H,22,23)/t12-,13?,14?,16+/m0/s1. The minimum Gasteiger partial charge on any atom is -0.466 e. The van der Waals surface area contributed by atoms with Gasteiger partial charge < -0.3 is 10.1 Å². The molecule has 1 amide bonds. The Labute approximate surface area is 145 Å². The first-order chi connectivity index (χ1) is 12.0. The van der Waals surface area contributed by atoms with Gasteiger partial charge in [0.1, 0.15) is 0 Å². The third-order valence-corrected chi connectivity index (χ3v) is 5.19. The number of rotatable bonds is 5. The topological polar surface area (TPSA) is 55.4 Å². The van der Waals surface area contributed by atoms with E-state index in [1.807, 2.05) is 0 Å². The summed E-state index contributed by atoms with van der Waals surface area (Å²) in [5.74, 6) is -3.18. The van der Waals surface area contributed by atoms with Crippen molar-refractivity contribution in [2.24, 2.45) is 11.8 Å². The van der Waals surface area contributed by atoms with Crippen LogP contribution in [0.5, 0.6) is 0 Å². The predicted octanol–water partition coefficient (Wildman–Crippen LogP) is 3.31. The molecule has 4 atom stereocenters. The zero-order chi connectivity index (χ0) is 18.0. The van der Waals surface area contributed by atoms with Crippen LogP contribution < -0.4 is 5.32 Å². The van der Waals surface area contributed by atoms with Gasteiger partial charge in [0, 0.05) is 12.0 Å². The minimum atomic E-state index is -0.891. The first-order valence-corrected chi connectivity index (χ1v) is 8.93.